The van der Waals surface area contributed by atoms with Gasteiger partial charge in [0, 0.05) is 12.5 Å². The molecular weight excluding hydrogens is 216 g/mol. The lowest BCUT2D eigenvalue weighted by molar-refractivity contribution is -0.122. The van der Waals surface area contributed by atoms with E-state index in [0.717, 1.165) is 18.8 Å². The highest BCUT2D eigenvalue weighted by Crippen LogP contribution is 2.08. The first-order chi connectivity index (χ1) is 8.04. The molecule has 1 rings (SSSR count). The maximum atomic E-state index is 11.9. The van der Waals surface area contributed by atoms with Crippen molar-refractivity contribution in [1.29, 1.82) is 0 Å². The van der Waals surface area contributed by atoms with Crippen LogP contribution in [-0.2, 0) is 17.8 Å². The van der Waals surface area contributed by atoms with Crippen molar-refractivity contribution in [1.82, 2.24) is 14.8 Å². The van der Waals surface area contributed by atoms with Gasteiger partial charge in [-0.25, -0.2) is 9.67 Å². The van der Waals surface area contributed by atoms with Gasteiger partial charge in [0.1, 0.15) is 17.9 Å². The van der Waals surface area contributed by atoms with Crippen molar-refractivity contribution in [2.24, 2.45) is 17.6 Å². The lowest BCUT2D eigenvalue weighted by Gasteiger charge is -2.10. The third-order valence-corrected chi connectivity index (χ3v) is 2.72. The normalized spacial score (nSPS) is 13.0. The van der Waals surface area contributed by atoms with E-state index in [1.54, 1.807) is 0 Å². The van der Waals surface area contributed by atoms with Crippen LogP contribution in [0.1, 0.15) is 33.0 Å². The minimum Gasteiger partial charge on any atom is -0.330 e. The summed E-state index contributed by atoms with van der Waals surface area (Å²) in [6, 6.07) is 0. The Morgan fingerprint density at radius 2 is 2.18 bits per heavy atom. The molecule has 1 unspecified atom stereocenters. The third-order valence-electron chi connectivity index (χ3n) is 2.72. The van der Waals surface area contributed by atoms with Crippen molar-refractivity contribution in [3.63, 3.8) is 0 Å². The minimum atomic E-state index is 0.00389. The molecule has 17 heavy (non-hydrogen) atoms. The first kappa shape index (κ1) is 13.8. The summed E-state index contributed by atoms with van der Waals surface area (Å²) in [6.45, 7) is 7.49. The maximum absolute atomic E-state index is 11.9. The van der Waals surface area contributed by atoms with Crippen molar-refractivity contribution >= 4 is 5.78 Å². The molecule has 0 aliphatic carbocycles. The molecule has 2 N–H and O–H groups in total. The zero-order chi connectivity index (χ0) is 12.8. The molecule has 0 spiro atoms. The number of rotatable bonds is 7. The first-order valence-corrected chi connectivity index (χ1v) is 6.14. The Hall–Kier alpha value is -1.23. The molecule has 1 aromatic heterocycles. The van der Waals surface area contributed by atoms with Gasteiger partial charge in [0.05, 0.1) is 6.42 Å². The molecule has 0 aromatic carbocycles. The van der Waals surface area contributed by atoms with E-state index in [1.165, 1.54) is 6.33 Å². The second-order valence-electron chi connectivity index (χ2n) is 4.87. The smallest absolute Gasteiger partial charge is 0.143 e. The lowest BCUT2D eigenvalue weighted by atomic mass is 10.00. The third kappa shape index (κ3) is 4.26. The molecule has 0 fully saturated rings. The van der Waals surface area contributed by atoms with Crippen molar-refractivity contribution in [3.05, 3.63) is 12.2 Å². The second kappa shape index (κ2) is 6.49. The predicted molar refractivity (Wildman–Crippen MR) is 66.4 cm³/mol. The van der Waals surface area contributed by atoms with Gasteiger partial charge in [-0.15, -0.1) is 0 Å². The molecule has 96 valence electrons. The second-order valence-corrected chi connectivity index (χ2v) is 4.87. The van der Waals surface area contributed by atoms with E-state index in [9.17, 15) is 4.79 Å². The summed E-state index contributed by atoms with van der Waals surface area (Å²) in [6.07, 6.45) is 2.60. The van der Waals surface area contributed by atoms with E-state index < -0.39 is 0 Å². The molecule has 0 aliphatic heterocycles. The first-order valence-electron chi connectivity index (χ1n) is 6.14. The van der Waals surface area contributed by atoms with E-state index >= 15 is 0 Å². The number of hydrogen-bond acceptors (Lipinski definition) is 4. The molecule has 0 amide bonds. The Bertz CT molecular complexity index is 359. The van der Waals surface area contributed by atoms with E-state index in [-0.39, 0.29) is 11.7 Å². The van der Waals surface area contributed by atoms with Crippen LogP contribution in [0.5, 0.6) is 0 Å². The van der Waals surface area contributed by atoms with Crippen molar-refractivity contribution in [2.45, 2.75) is 40.2 Å². The standard InChI is InChI=1S/C12H22N4O/c1-9(2)7-16-12(14-8-15-16)6-11(17)10(3)4-5-13/h8-10H,4-7,13H2,1-3H3. The molecule has 1 heterocycles. The van der Waals surface area contributed by atoms with Crippen molar-refractivity contribution in [2.75, 3.05) is 6.54 Å². The number of nitrogens with two attached hydrogens (primary N) is 1. The van der Waals surface area contributed by atoms with Gasteiger partial charge in [-0.1, -0.05) is 20.8 Å². The molecular formula is C12H22N4O. The van der Waals surface area contributed by atoms with Crippen LogP contribution in [0.15, 0.2) is 6.33 Å². The van der Waals surface area contributed by atoms with Gasteiger partial charge >= 0.3 is 0 Å². The Balaban J connectivity index is 2.62. The number of nitrogens with zero attached hydrogens (tertiary/aromatic N) is 3. The summed E-state index contributed by atoms with van der Waals surface area (Å²) in [4.78, 5) is 16.1. The van der Waals surface area contributed by atoms with E-state index in [4.69, 9.17) is 5.73 Å². The van der Waals surface area contributed by atoms with Crippen LogP contribution in [-0.4, -0.2) is 27.1 Å². The van der Waals surface area contributed by atoms with E-state index in [1.807, 2.05) is 11.6 Å². The number of hydrogen-bond donors (Lipinski definition) is 1. The van der Waals surface area contributed by atoms with Crippen LogP contribution in [0.25, 0.3) is 0 Å². The van der Waals surface area contributed by atoms with Gasteiger partial charge in [0.25, 0.3) is 0 Å². The van der Waals surface area contributed by atoms with Crippen LogP contribution >= 0.6 is 0 Å². The monoisotopic (exact) mass is 238 g/mol. The maximum Gasteiger partial charge on any atom is 0.143 e. The van der Waals surface area contributed by atoms with E-state index in [0.29, 0.717) is 18.9 Å². The van der Waals surface area contributed by atoms with Crippen LogP contribution < -0.4 is 5.73 Å². The quantitative estimate of drug-likeness (QED) is 0.770. The lowest BCUT2D eigenvalue weighted by Crippen LogP contribution is -2.20. The summed E-state index contributed by atoms with van der Waals surface area (Å²) < 4.78 is 1.82. The highest BCUT2D eigenvalue weighted by atomic mass is 16.1. The summed E-state index contributed by atoms with van der Waals surface area (Å²) >= 11 is 0. The number of aromatic nitrogens is 3. The van der Waals surface area contributed by atoms with Crippen LogP contribution in [0.4, 0.5) is 0 Å². The Morgan fingerprint density at radius 1 is 1.47 bits per heavy atom. The minimum absolute atomic E-state index is 0.00389. The van der Waals surface area contributed by atoms with E-state index in [2.05, 4.69) is 23.9 Å². The number of ketones is 1. The zero-order valence-electron chi connectivity index (χ0n) is 10.9. The Morgan fingerprint density at radius 3 is 2.76 bits per heavy atom. The number of carbonyl (C=O) groups is 1. The fourth-order valence-corrected chi connectivity index (χ4v) is 1.66. The molecule has 5 heteroatoms. The SMILES string of the molecule is CC(C)Cn1ncnc1CC(=O)C(C)CCN. The highest BCUT2D eigenvalue weighted by molar-refractivity contribution is 5.82. The van der Waals surface area contributed by atoms with Gasteiger partial charge in [0.15, 0.2) is 0 Å². The van der Waals surface area contributed by atoms with Crippen LogP contribution in [0, 0.1) is 11.8 Å². The average Bonchev–Trinajstić information content (AvgIpc) is 2.65. The van der Waals surface area contributed by atoms with Crippen LogP contribution in [0.2, 0.25) is 0 Å². The predicted octanol–water partition coefficient (Wildman–Crippen LogP) is 1.03. The molecule has 0 saturated heterocycles. The average molecular weight is 238 g/mol. The Kier molecular flexibility index (Phi) is 5.28. The Labute approximate surface area is 102 Å². The molecule has 0 bridgehead atoms. The molecule has 1 aromatic rings. The topological polar surface area (TPSA) is 73.8 Å². The van der Waals surface area contributed by atoms with Crippen molar-refractivity contribution < 1.29 is 4.79 Å². The summed E-state index contributed by atoms with van der Waals surface area (Å²) in [5, 5.41) is 4.14. The molecule has 5 nitrogen and oxygen atoms in total. The van der Waals surface area contributed by atoms with Gasteiger partial charge in [-0.2, -0.15) is 5.10 Å². The zero-order valence-corrected chi connectivity index (χ0v) is 10.9. The summed E-state index contributed by atoms with van der Waals surface area (Å²) in [5.41, 5.74) is 5.45. The fraction of sp³-hybridized carbons (Fsp3) is 0.750. The van der Waals surface area contributed by atoms with Gasteiger partial charge < -0.3 is 5.73 Å². The molecule has 0 radical (unpaired) electrons. The van der Waals surface area contributed by atoms with Gasteiger partial charge in [-0.05, 0) is 18.9 Å². The largest absolute Gasteiger partial charge is 0.330 e. The summed E-state index contributed by atoms with van der Waals surface area (Å²) in [5.74, 6) is 1.44. The molecule has 1 atom stereocenters. The molecule has 0 saturated carbocycles. The number of carbonyl (C=O) groups excluding carboxylic acids is 1. The highest BCUT2D eigenvalue weighted by Gasteiger charge is 2.16. The van der Waals surface area contributed by atoms with Gasteiger partial charge in [-0.3, -0.25) is 4.79 Å². The number of Topliss-reactive ketones (excluding diaryl/α,β-unsaturated/α-hetero) is 1. The van der Waals surface area contributed by atoms with Crippen molar-refractivity contribution in [3.8, 4) is 0 Å². The van der Waals surface area contributed by atoms with Crippen LogP contribution in [0.3, 0.4) is 0 Å². The summed E-state index contributed by atoms with van der Waals surface area (Å²) in [7, 11) is 0. The molecule has 0 aliphatic rings. The fourth-order valence-electron chi connectivity index (χ4n) is 1.66. The van der Waals surface area contributed by atoms with Gasteiger partial charge in [0.2, 0.25) is 0 Å².